The van der Waals surface area contributed by atoms with Gasteiger partial charge in [-0.2, -0.15) is 0 Å². The topological polar surface area (TPSA) is 82.6 Å². The highest BCUT2D eigenvalue weighted by Gasteiger charge is 2.33. The van der Waals surface area contributed by atoms with E-state index in [2.05, 4.69) is 28.1 Å². The van der Waals surface area contributed by atoms with Crippen LogP contribution in [0.15, 0.2) is 36.4 Å². The summed E-state index contributed by atoms with van der Waals surface area (Å²) in [5, 5.41) is 11.1. The van der Waals surface area contributed by atoms with E-state index in [0.717, 1.165) is 33.1 Å². The molecular formula is C22H26N2O4. The van der Waals surface area contributed by atoms with Gasteiger partial charge in [-0.15, -0.1) is 0 Å². The largest absolute Gasteiger partial charge is 0.481 e. The fourth-order valence-electron chi connectivity index (χ4n) is 3.69. The minimum Gasteiger partial charge on any atom is -0.481 e. The third-order valence-corrected chi connectivity index (χ3v) is 5.37. The Balaban J connectivity index is 2.07. The van der Waals surface area contributed by atoms with Crippen LogP contribution in [-0.2, 0) is 19.9 Å². The Morgan fingerprint density at radius 3 is 2.36 bits per heavy atom. The maximum absolute atomic E-state index is 12.1. The number of nitrogens with one attached hydrogen (secondary N) is 1. The van der Waals surface area contributed by atoms with Crippen molar-refractivity contribution in [2.45, 2.75) is 38.7 Å². The quantitative estimate of drug-likeness (QED) is 0.467. The number of carbonyl (C=O) groups is 2. The SMILES string of the molecule is CCC(CC)(OC(=O)CC(=O)O)c1ccc2c(c1)[nH]c1ccc(N(C)C)cc12. The molecule has 0 aliphatic rings. The van der Waals surface area contributed by atoms with Gasteiger partial charge in [-0.3, -0.25) is 9.59 Å². The number of carboxylic acid groups (broad SMARTS) is 1. The molecule has 0 aliphatic carbocycles. The fourth-order valence-corrected chi connectivity index (χ4v) is 3.69. The number of ether oxygens (including phenoxy) is 1. The molecule has 148 valence electrons. The molecule has 2 aromatic carbocycles. The highest BCUT2D eigenvalue weighted by Crippen LogP contribution is 2.37. The van der Waals surface area contributed by atoms with Gasteiger partial charge in [0, 0.05) is 41.6 Å². The van der Waals surface area contributed by atoms with Crippen LogP contribution >= 0.6 is 0 Å². The third-order valence-electron chi connectivity index (χ3n) is 5.37. The van der Waals surface area contributed by atoms with Crippen molar-refractivity contribution < 1.29 is 19.4 Å². The van der Waals surface area contributed by atoms with Crippen LogP contribution in [0, 0.1) is 0 Å². The first kappa shape index (κ1) is 19.7. The van der Waals surface area contributed by atoms with E-state index in [0.29, 0.717) is 12.8 Å². The lowest BCUT2D eigenvalue weighted by molar-refractivity contribution is -0.165. The number of carbonyl (C=O) groups excluding carboxylic acids is 1. The Labute approximate surface area is 164 Å². The lowest BCUT2D eigenvalue weighted by atomic mass is 9.87. The average Bonchev–Trinajstić information content (AvgIpc) is 3.02. The maximum atomic E-state index is 12.1. The molecule has 1 heterocycles. The number of hydrogen-bond donors (Lipinski definition) is 2. The zero-order valence-corrected chi connectivity index (χ0v) is 16.7. The first-order valence-electron chi connectivity index (χ1n) is 9.46. The molecule has 2 N–H and O–H groups in total. The van der Waals surface area contributed by atoms with Crippen LogP contribution in [0.4, 0.5) is 5.69 Å². The summed E-state index contributed by atoms with van der Waals surface area (Å²) >= 11 is 0. The number of benzene rings is 2. The third kappa shape index (κ3) is 3.54. The van der Waals surface area contributed by atoms with Crippen molar-refractivity contribution in [1.82, 2.24) is 4.98 Å². The number of rotatable bonds is 7. The molecule has 6 nitrogen and oxygen atoms in total. The number of fused-ring (bicyclic) bond motifs is 3. The number of aliphatic carboxylic acids is 1. The van der Waals surface area contributed by atoms with Crippen LogP contribution in [0.25, 0.3) is 21.8 Å². The molecule has 0 unspecified atom stereocenters. The van der Waals surface area contributed by atoms with Crippen LogP contribution < -0.4 is 4.90 Å². The van der Waals surface area contributed by atoms with Gasteiger partial charge in [-0.1, -0.05) is 26.0 Å². The molecule has 0 atom stereocenters. The summed E-state index contributed by atoms with van der Waals surface area (Å²) in [7, 11) is 4.02. The molecule has 6 heteroatoms. The van der Waals surface area contributed by atoms with Crippen LogP contribution in [0.1, 0.15) is 38.7 Å². The number of aromatic nitrogens is 1. The zero-order chi connectivity index (χ0) is 20.5. The van der Waals surface area contributed by atoms with Gasteiger partial charge in [0.1, 0.15) is 12.0 Å². The highest BCUT2D eigenvalue weighted by molar-refractivity contribution is 6.08. The minimum absolute atomic E-state index is 0.561. The van der Waals surface area contributed by atoms with E-state index in [1.54, 1.807) is 0 Å². The summed E-state index contributed by atoms with van der Waals surface area (Å²) in [6, 6.07) is 12.3. The maximum Gasteiger partial charge on any atom is 0.318 e. The molecule has 1 aromatic heterocycles. The van der Waals surface area contributed by atoms with Gasteiger partial charge in [-0.25, -0.2) is 0 Å². The number of esters is 1. The van der Waals surface area contributed by atoms with Crippen LogP contribution in [-0.4, -0.2) is 36.1 Å². The molecule has 0 radical (unpaired) electrons. The van der Waals surface area contributed by atoms with Crippen molar-refractivity contribution in [2.75, 3.05) is 19.0 Å². The summed E-state index contributed by atoms with van der Waals surface area (Å²) in [5.74, 6) is -1.91. The number of carboxylic acids is 1. The van der Waals surface area contributed by atoms with E-state index >= 15 is 0 Å². The van der Waals surface area contributed by atoms with Gasteiger partial charge in [0.25, 0.3) is 0 Å². The van der Waals surface area contributed by atoms with Gasteiger partial charge >= 0.3 is 11.9 Å². The van der Waals surface area contributed by atoms with E-state index in [9.17, 15) is 9.59 Å². The van der Waals surface area contributed by atoms with Gasteiger partial charge in [0.15, 0.2) is 0 Å². The molecule has 3 rings (SSSR count). The molecule has 0 spiro atoms. The van der Waals surface area contributed by atoms with Gasteiger partial charge in [-0.05, 0) is 42.7 Å². The Morgan fingerprint density at radius 2 is 1.75 bits per heavy atom. The Hall–Kier alpha value is -3.02. The summed E-state index contributed by atoms with van der Waals surface area (Å²) in [5.41, 5.74) is 3.15. The molecule has 0 aliphatic heterocycles. The standard InChI is InChI=1S/C22H26N2O4/c1-5-22(6-2,28-21(27)13-20(25)26)14-7-9-16-17-12-15(24(3)4)8-10-18(17)23-19(16)11-14/h7-12,23H,5-6,13H2,1-4H3,(H,25,26). The molecule has 3 aromatic rings. The molecular weight excluding hydrogens is 356 g/mol. The lowest BCUT2D eigenvalue weighted by Gasteiger charge is -2.32. The van der Waals surface area contributed by atoms with Crippen LogP contribution in [0.5, 0.6) is 0 Å². The summed E-state index contributed by atoms with van der Waals surface area (Å²) in [6.07, 6.45) is 0.487. The second-order valence-corrected chi connectivity index (χ2v) is 7.26. The number of H-pyrrole nitrogens is 1. The second-order valence-electron chi connectivity index (χ2n) is 7.26. The van der Waals surface area contributed by atoms with E-state index in [1.807, 2.05) is 46.1 Å². The Kier molecular flexibility index (Phi) is 5.31. The molecule has 0 fully saturated rings. The zero-order valence-electron chi connectivity index (χ0n) is 16.7. The molecule has 0 bridgehead atoms. The van der Waals surface area contributed by atoms with E-state index < -0.39 is 24.0 Å². The van der Waals surface area contributed by atoms with Crippen molar-refractivity contribution >= 4 is 39.4 Å². The average molecular weight is 382 g/mol. The van der Waals surface area contributed by atoms with Crippen LogP contribution in [0.2, 0.25) is 0 Å². The predicted molar refractivity (Wildman–Crippen MR) is 111 cm³/mol. The monoisotopic (exact) mass is 382 g/mol. The lowest BCUT2D eigenvalue weighted by Crippen LogP contribution is -2.32. The van der Waals surface area contributed by atoms with E-state index in [4.69, 9.17) is 9.84 Å². The summed E-state index contributed by atoms with van der Waals surface area (Å²) in [4.78, 5) is 28.4. The van der Waals surface area contributed by atoms with Gasteiger partial charge in [0.2, 0.25) is 0 Å². The molecule has 0 saturated carbocycles. The van der Waals surface area contributed by atoms with Gasteiger partial charge < -0.3 is 19.7 Å². The second kappa shape index (κ2) is 7.54. The molecule has 0 saturated heterocycles. The number of anilines is 1. The summed E-state index contributed by atoms with van der Waals surface area (Å²) in [6.45, 7) is 3.88. The van der Waals surface area contributed by atoms with Crippen molar-refractivity contribution in [1.29, 1.82) is 0 Å². The first-order chi connectivity index (χ1) is 13.3. The number of aromatic amines is 1. The predicted octanol–water partition coefficient (Wildman–Crippen LogP) is 4.42. The first-order valence-corrected chi connectivity index (χ1v) is 9.46. The van der Waals surface area contributed by atoms with Crippen molar-refractivity contribution in [3.63, 3.8) is 0 Å². The molecule has 28 heavy (non-hydrogen) atoms. The van der Waals surface area contributed by atoms with E-state index in [1.165, 1.54) is 0 Å². The smallest absolute Gasteiger partial charge is 0.318 e. The molecule has 0 amide bonds. The number of nitrogens with zero attached hydrogens (tertiary/aromatic N) is 1. The van der Waals surface area contributed by atoms with Crippen molar-refractivity contribution in [3.05, 3.63) is 42.0 Å². The normalized spacial score (nSPS) is 11.7. The van der Waals surface area contributed by atoms with Crippen molar-refractivity contribution in [3.8, 4) is 0 Å². The number of hydrogen-bond acceptors (Lipinski definition) is 4. The van der Waals surface area contributed by atoms with E-state index in [-0.39, 0.29) is 0 Å². The minimum atomic E-state index is -1.19. The summed E-state index contributed by atoms with van der Waals surface area (Å²) < 4.78 is 5.67. The Bertz CT molecular complexity index is 1030. The highest BCUT2D eigenvalue weighted by atomic mass is 16.6. The van der Waals surface area contributed by atoms with Gasteiger partial charge in [0.05, 0.1) is 0 Å². The fraction of sp³-hybridized carbons (Fsp3) is 0.364. The van der Waals surface area contributed by atoms with Crippen molar-refractivity contribution in [2.24, 2.45) is 0 Å². The van der Waals surface area contributed by atoms with Crippen LogP contribution in [0.3, 0.4) is 0 Å². The Morgan fingerprint density at radius 1 is 1.04 bits per heavy atom.